The van der Waals surface area contributed by atoms with E-state index in [0.29, 0.717) is 5.56 Å². The Labute approximate surface area is 127 Å². The first kappa shape index (κ1) is 17.6. The minimum atomic E-state index is -0.315. The van der Waals surface area contributed by atoms with Gasteiger partial charge in [0.2, 0.25) is 5.91 Å². The second-order valence-corrected chi connectivity index (χ2v) is 5.64. The fraction of sp³-hybridized carbons (Fsp3) is 0.588. The van der Waals surface area contributed by atoms with Gasteiger partial charge in [-0.3, -0.25) is 10.1 Å². The molecule has 0 radical (unpaired) electrons. The predicted octanol–water partition coefficient (Wildman–Crippen LogP) is 3.48. The van der Waals surface area contributed by atoms with Gasteiger partial charge in [-0.25, -0.2) is 4.39 Å². The molecular formula is C17H27FN2O. The zero-order chi connectivity index (χ0) is 16.0. The number of halogens is 1. The molecule has 1 rings (SSSR count). The van der Waals surface area contributed by atoms with Crippen LogP contribution in [0.2, 0.25) is 0 Å². The number of carbonyl (C=O) groups is 1. The Morgan fingerprint density at radius 2 is 1.86 bits per heavy atom. The van der Waals surface area contributed by atoms with Gasteiger partial charge in [0.25, 0.3) is 0 Å². The van der Waals surface area contributed by atoms with E-state index < -0.39 is 0 Å². The minimum Gasteiger partial charge on any atom is -0.352 e. The van der Waals surface area contributed by atoms with Crippen molar-refractivity contribution in [3.8, 4) is 0 Å². The van der Waals surface area contributed by atoms with Gasteiger partial charge in [0, 0.05) is 12.1 Å². The van der Waals surface area contributed by atoms with Crippen LogP contribution in [0.1, 0.15) is 57.7 Å². The molecule has 118 valence electrons. The van der Waals surface area contributed by atoms with E-state index in [1.807, 2.05) is 19.9 Å². The van der Waals surface area contributed by atoms with E-state index in [-0.39, 0.29) is 29.8 Å². The van der Waals surface area contributed by atoms with Gasteiger partial charge in [-0.1, -0.05) is 26.0 Å². The molecule has 0 heterocycles. The van der Waals surface area contributed by atoms with Crippen molar-refractivity contribution in [1.82, 2.24) is 10.6 Å². The molecule has 0 aliphatic rings. The zero-order valence-corrected chi connectivity index (χ0v) is 13.7. The van der Waals surface area contributed by atoms with Crippen molar-refractivity contribution in [1.29, 1.82) is 0 Å². The van der Waals surface area contributed by atoms with Crippen LogP contribution in [0, 0.1) is 12.7 Å². The molecule has 0 saturated carbocycles. The summed E-state index contributed by atoms with van der Waals surface area (Å²) in [5, 5.41) is 6.24. The number of nitrogens with one attached hydrogen (secondary N) is 2. The average molecular weight is 294 g/mol. The number of rotatable bonds is 7. The summed E-state index contributed by atoms with van der Waals surface area (Å²) < 4.78 is 13.6. The van der Waals surface area contributed by atoms with Crippen molar-refractivity contribution < 1.29 is 9.18 Å². The molecule has 21 heavy (non-hydrogen) atoms. The third kappa shape index (κ3) is 5.12. The van der Waals surface area contributed by atoms with E-state index in [1.165, 1.54) is 6.07 Å². The summed E-state index contributed by atoms with van der Waals surface area (Å²) in [6.07, 6.45) is 1.85. The van der Waals surface area contributed by atoms with Crippen molar-refractivity contribution in [3.05, 3.63) is 35.1 Å². The van der Waals surface area contributed by atoms with Crippen molar-refractivity contribution in [2.45, 2.75) is 65.6 Å². The second kappa shape index (κ2) is 8.13. The summed E-state index contributed by atoms with van der Waals surface area (Å²) in [5.74, 6) is -0.224. The van der Waals surface area contributed by atoms with E-state index in [9.17, 15) is 9.18 Å². The molecule has 0 aliphatic heterocycles. The molecule has 1 amide bonds. The van der Waals surface area contributed by atoms with Gasteiger partial charge in [0.15, 0.2) is 0 Å². The molecule has 1 aromatic carbocycles. The highest BCUT2D eigenvalue weighted by Gasteiger charge is 2.18. The van der Waals surface area contributed by atoms with E-state index in [4.69, 9.17) is 0 Å². The molecule has 3 nitrogen and oxygen atoms in total. The van der Waals surface area contributed by atoms with Crippen LogP contribution in [0.5, 0.6) is 0 Å². The molecule has 0 aliphatic carbocycles. The molecule has 2 atom stereocenters. The maximum Gasteiger partial charge on any atom is 0.237 e. The zero-order valence-electron chi connectivity index (χ0n) is 13.7. The highest BCUT2D eigenvalue weighted by Crippen LogP contribution is 2.16. The topological polar surface area (TPSA) is 41.1 Å². The second-order valence-electron chi connectivity index (χ2n) is 5.64. The standard InChI is InChI=1S/C17H27FN2O/c1-6-15(7-2)20-17(21)13(5)19-12(4)14-9-8-11(3)16(18)10-14/h8-10,12-13,15,19H,6-7H2,1-5H3,(H,20,21). The number of carbonyl (C=O) groups excluding carboxylic acids is 1. The van der Waals surface area contributed by atoms with Gasteiger partial charge in [0.05, 0.1) is 6.04 Å². The average Bonchev–Trinajstić information content (AvgIpc) is 2.46. The van der Waals surface area contributed by atoms with Gasteiger partial charge in [-0.2, -0.15) is 0 Å². The van der Waals surface area contributed by atoms with Gasteiger partial charge in [0.1, 0.15) is 5.82 Å². The van der Waals surface area contributed by atoms with Crippen LogP contribution in [0.25, 0.3) is 0 Å². The lowest BCUT2D eigenvalue weighted by atomic mass is 10.0. The fourth-order valence-electron chi connectivity index (χ4n) is 2.24. The molecule has 1 aromatic rings. The minimum absolute atomic E-state index is 0.0110. The summed E-state index contributed by atoms with van der Waals surface area (Å²) in [5.41, 5.74) is 1.48. The third-order valence-electron chi connectivity index (χ3n) is 3.92. The monoisotopic (exact) mass is 294 g/mol. The van der Waals surface area contributed by atoms with Crippen molar-refractivity contribution >= 4 is 5.91 Å². The summed E-state index contributed by atoms with van der Waals surface area (Å²) in [4.78, 5) is 12.1. The highest BCUT2D eigenvalue weighted by atomic mass is 19.1. The van der Waals surface area contributed by atoms with Crippen LogP contribution in [0.3, 0.4) is 0 Å². The van der Waals surface area contributed by atoms with E-state index >= 15 is 0 Å². The molecule has 2 N–H and O–H groups in total. The molecule has 0 fully saturated rings. The maximum absolute atomic E-state index is 13.6. The van der Waals surface area contributed by atoms with Gasteiger partial charge >= 0.3 is 0 Å². The predicted molar refractivity (Wildman–Crippen MR) is 84.7 cm³/mol. The van der Waals surface area contributed by atoms with Crippen molar-refractivity contribution in [3.63, 3.8) is 0 Å². The Kier molecular flexibility index (Phi) is 6.82. The quantitative estimate of drug-likeness (QED) is 0.808. The lowest BCUT2D eigenvalue weighted by Crippen LogP contribution is -2.46. The smallest absolute Gasteiger partial charge is 0.237 e. The third-order valence-corrected chi connectivity index (χ3v) is 3.92. The molecule has 2 unspecified atom stereocenters. The van der Waals surface area contributed by atoms with Crippen LogP contribution >= 0.6 is 0 Å². The first-order valence-electron chi connectivity index (χ1n) is 7.71. The summed E-state index contributed by atoms with van der Waals surface area (Å²) in [6.45, 7) is 9.63. The number of hydrogen-bond donors (Lipinski definition) is 2. The van der Waals surface area contributed by atoms with E-state index in [2.05, 4.69) is 24.5 Å². The SMILES string of the molecule is CCC(CC)NC(=O)C(C)NC(C)c1ccc(C)c(F)c1. The molecular weight excluding hydrogens is 267 g/mol. The van der Waals surface area contributed by atoms with Crippen LogP contribution < -0.4 is 10.6 Å². The highest BCUT2D eigenvalue weighted by molar-refractivity contribution is 5.81. The van der Waals surface area contributed by atoms with Gasteiger partial charge in [-0.15, -0.1) is 0 Å². The van der Waals surface area contributed by atoms with Gasteiger partial charge < -0.3 is 5.32 Å². The Morgan fingerprint density at radius 3 is 2.38 bits per heavy atom. The normalized spacial score (nSPS) is 14.0. The largest absolute Gasteiger partial charge is 0.352 e. The van der Waals surface area contributed by atoms with E-state index in [1.54, 1.807) is 13.0 Å². The molecule has 0 aromatic heterocycles. The fourth-order valence-corrected chi connectivity index (χ4v) is 2.24. The van der Waals surface area contributed by atoms with Crippen LogP contribution in [0.4, 0.5) is 4.39 Å². The van der Waals surface area contributed by atoms with Crippen LogP contribution in [0.15, 0.2) is 18.2 Å². The Bertz CT molecular complexity index is 472. The number of aryl methyl sites for hydroxylation is 1. The lowest BCUT2D eigenvalue weighted by Gasteiger charge is -2.23. The molecule has 0 saturated heterocycles. The Morgan fingerprint density at radius 1 is 1.24 bits per heavy atom. The Balaban J connectivity index is 2.62. The molecule has 0 spiro atoms. The number of hydrogen-bond acceptors (Lipinski definition) is 2. The van der Waals surface area contributed by atoms with Gasteiger partial charge in [-0.05, 0) is 50.8 Å². The first-order chi connectivity index (χ1) is 9.88. The number of benzene rings is 1. The van der Waals surface area contributed by atoms with Crippen molar-refractivity contribution in [2.24, 2.45) is 0 Å². The summed E-state index contributed by atoms with van der Waals surface area (Å²) in [7, 11) is 0. The Hall–Kier alpha value is -1.42. The van der Waals surface area contributed by atoms with Crippen molar-refractivity contribution in [2.75, 3.05) is 0 Å². The molecule has 4 heteroatoms. The number of amides is 1. The summed E-state index contributed by atoms with van der Waals surface area (Å²) in [6, 6.07) is 5.00. The maximum atomic E-state index is 13.6. The van der Waals surface area contributed by atoms with Crippen LogP contribution in [-0.4, -0.2) is 18.0 Å². The molecule has 0 bridgehead atoms. The summed E-state index contributed by atoms with van der Waals surface area (Å²) >= 11 is 0. The van der Waals surface area contributed by atoms with E-state index in [0.717, 1.165) is 18.4 Å². The lowest BCUT2D eigenvalue weighted by molar-refractivity contribution is -0.123. The first-order valence-corrected chi connectivity index (χ1v) is 7.71. The van der Waals surface area contributed by atoms with Crippen LogP contribution in [-0.2, 0) is 4.79 Å².